The summed E-state index contributed by atoms with van der Waals surface area (Å²) in [6.45, 7) is 0.634. The lowest BCUT2D eigenvalue weighted by molar-refractivity contribution is -0.271. The molecule has 5 rings (SSSR count). The standard InChI is InChI=1S/C24H27NO13S/c1-34-13-8-11-10(7-14(13)38-39(31,32)33)5-12-16-9(3-4-25-12)6-15(35-2)21(17(11)16)36-24-20(28)18(26)19(27)22(37-24)23(29)30/h6-8,12,18-20,22,24-28H,3-5H2,1-2H3,(H,29,30)(H,31,32,33)/t12-,18+,19-,20-,22+,24+/m0/s1. The van der Waals surface area contributed by atoms with E-state index in [9.17, 15) is 38.2 Å². The first-order chi connectivity index (χ1) is 18.4. The van der Waals surface area contributed by atoms with Crippen LogP contribution in [0.4, 0.5) is 0 Å². The molecule has 39 heavy (non-hydrogen) atoms. The highest BCUT2D eigenvalue weighted by Gasteiger charge is 2.49. The molecule has 2 heterocycles. The molecule has 212 valence electrons. The molecule has 0 spiro atoms. The molecule has 14 nitrogen and oxygen atoms in total. The predicted molar refractivity (Wildman–Crippen MR) is 130 cm³/mol. The number of hydrogen-bond donors (Lipinski definition) is 6. The van der Waals surface area contributed by atoms with Crippen LogP contribution in [0.25, 0.3) is 11.1 Å². The highest BCUT2D eigenvalue weighted by atomic mass is 32.3. The predicted octanol–water partition coefficient (Wildman–Crippen LogP) is -0.434. The molecule has 0 unspecified atom stereocenters. The van der Waals surface area contributed by atoms with Crippen molar-refractivity contribution in [3.8, 4) is 34.1 Å². The Kier molecular flexibility index (Phi) is 7.09. The first kappa shape index (κ1) is 27.4. The van der Waals surface area contributed by atoms with Crippen molar-refractivity contribution in [1.29, 1.82) is 0 Å². The average molecular weight is 570 g/mol. The van der Waals surface area contributed by atoms with E-state index in [2.05, 4.69) is 5.32 Å². The molecule has 1 saturated heterocycles. The molecule has 15 heteroatoms. The summed E-state index contributed by atoms with van der Waals surface area (Å²) >= 11 is 0. The lowest BCUT2D eigenvalue weighted by atomic mass is 9.77. The maximum absolute atomic E-state index is 11.6. The number of carboxylic acid groups (broad SMARTS) is 1. The minimum absolute atomic E-state index is 0.0189. The minimum atomic E-state index is -4.85. The van der Waals surface area contributed by atoms with E-state index in [1.54, 1.807) is 6.07 Å². The van der Waals surface area contributed by atoms with E-state index in [4.69, 9.17) is 23.1 Å². The average Bonchev–Trinajstić information content (AvgIpc) is 2.88. The molecule has 2 aliphatic heterocycles. The van der Waals surface area contributed by atoms with Gasteiger partial charge in [-0.3, -0.25) is 4.55 Å². The normalized spacial score (nSPS) is 27.6. The molecule has 6 atom stereocenters. The minimum Gasteiger partial charge on any atom is -0.493 e. The fourth-order valence-electron chi connectivity index (χ4n) is 5.33. The summed E-state index contributed by atoms with van der Waals surface area (Å²) in [6.07, 6.45) is -8.15. The maximum atomic E-state index is 11.6. The molecule has 0 aromatic heterocycles. The molecule has 1 aliphatic carbocycles. The summed E-state index contributed by atoms with van der Waals surface area (Å²) in [4.78, 5) is 11.6. The van der Waals surface area contributed by atoms with E-state index in [0.29, 0.717) is 36.1 Å². The van der Waals surface area contributed by atoms with Gasteiger partial charge in [0, 0.05) is 11.6 Å². The Morgan fingerprint density at radius 3 is 2.33 bits per heavy atom. The Morgan fingerprint density at radius 2 is 1.69 bits per heavy atom. The first-order valence-electron chi connectivity index (χ1n) is 11.9. The summed E-state index contributed by atoms with van der Waals surface area (Å²) < 4.78 is 59.1. The molecule has 2 aromatic carbocycles. The maximum Gasteiger partial charge on any atom is 0.446 e. The Labute approximate surface area is 222 Å². The third-order valence-corrected chi connectivity index (χ3v) is 7.44. The van der Waals surface area contributed by atoms with Crippen molar-refractivity contribution in [2.75, 3.05) is 20.8 Å². The summed E-state index contributed by atoms with van der Waals surface area (Å²) in [7, 11) is -2.17. The number of aliphatic carboxylic acids is 1. The smallest absolute Gasteiger partial charge is 0.446 e. The van der Waals surface area contributed by atoms with Gasteiger partial charge in [-0.2, -0.15) is 8.42 Å². The second-order valence-corrected chi connectivity index (χ2v) is 10.4. The van der Waals surface area contributed by atoms with Gasteiger partial charge in [0.25, 0.3) is 0 Å². The van der Waals surface area contributed by atoms with Crippen molar-refractivity contribution < 1.29 is 61.3 Å². The van der Waals surface area contributed by atoms with Crippen LogP contribution in [0.3, 0.4) is 0 Å². The van der Waals surface area contributed by atoms with E-state index in [0.717, 1.165) is 11.1 Å². The zero-order valence-corrected chi connectivity index (χ0v) is 21.5. The number of fused-ring (bicyclic) bond motifs is 2. The van der Waals surface area contributed by atoms with Gasteiger partial charge in [0.15, 0.2) is 29.1 Å². The summed E-state index contributed by atoms with van der Waals surface area (Å²) in [5, 5.41) is 43.8. The zero-order chi connectivity index (χ0) is 28.2. The van der Waals surface area contributed by atoms with Crippen molar-refractivity contribution in [2.45, 2.75) is 49.6 Å². The zero-order valence-electron chi connectivity index (χ0n) is 20.7. The van der Waals surface area contributed by atoms with Gasteiger partial charge in [0.2, 0.25) is 6.29 Å². The van der Waals surface area contributed by atoms with E-state index in [1.807, 2.05) is 0 Å². The van der Waals surface area contributed by atoms with Crippen LogP contribution in [0.2, 0.25) is 0 Å². The fraction of sp³-hybridized carbons (Fsp3) is 0.458. The number of carbonyl (C=O) groups is 1. The number of carboxylic acids is 1. The number of ether oxygens (including phenoxy) is 4. The van der Waals surface area contributed by atoms with Gasteiger partial charge < -0.3 is 48.9 Å². The molecule has 6 N–H and O–H groups in total. The van der Waals surface area contributed by atoms with Crippen molar-refractivity contribution >= 4 is 16.4 Å². The molecule has 0 amide bonds. The SMILES string of the molecule is COc1cc2c(cc1OS(=O)(=O)O)C[C@@H]1NCCc3cc(OC)c(O[C@@H]4O[C@@H](C(=O)O)[C@@H](O)[C@@H](O)[C@@H]4O)c-2c31. The molecule has 0 bridgehead atoms. The van der Waals surface area contributed by atoms with E-state index in [1.165, 1.54) is 26.4 Å². The lowest BCUT2D eigenvalue weighted by Gasteiger charge is -2.40. The van der Waals surface area contributed by atoms with Crippen molar-refractivity contribution in [3.05, 3.63) is 34.9 Å². The third kappa shape index (κ3) is 4.86. The first-order valence-corrected chi connectivity index (χ1v) is 13.2. The Morgan fingerprint density at radius 1 is 1.00 bits per heavy atom. The third-order valence-electron chi connectivity index (χ3n) is 7.05. The van der Waals surface area contributed by atoms with Gasteiger partial charge in [-0.05, 0) is 59.8 Å². The molecule has 3 aliphatic rings. The van der Waals surface area contributed by atoms with Crippen molar-refractivity contribution in [2.24, 2.45) is 0 Å². The van der Waals surface area contributed by atoms with Crippen LogP contribution in [0.1, 0.15) is 22.7 Å². The second kappa shape index (κ2) is 10.1. The van der Waals surface area contributed by atoms with Crippen LogP contribution in [-0.4, -0.2) is 90.8 Å². The van der Waals surface area contributed by atoms with E-state index >= 15 is 0 Å². The molecule has 1 fully saturated rings. The number of hydrogen-bond acceptors (Lipinski definition) is 12. The van der Waals surface area contributed by atoms with Gasteiger partial charge in [-0.15, -0.1) is 0 Å². The highest BCUT2D eigenvalue weighted by Crippen LogP contribution is 2.53. The van der Waals surface area contributed by atoms with Crippen molar-refractivity contribution in [3.63, 3.8) is 0 Å². The van der Waals surface area contributed by atoms with Gasteiger partial charge >= 0.3 is 16.4 Å². The number of nitrogens with one attached hydrogen (secondary N) is 1. The molecule has 2 aromatic rings. The number of rotatable bonds is 7. The molecule has 0 saturated carbocycles. The van der Waals surface area contributed by atoms with Gasteiger partial charge in [-0.25, -0.2) is 4.79 Å². The van der Waals surface area contributed by atoms with Crippen LogP contribution in [0.5, 0.6) is 23.0 Å². The summed E-state index contributed by atoms with van der Waals surface area (Å²) in [5.74, 6) is -1.55. The topological polar surface area (TPSA) is 211 Å². The van der Waals surface area contributed by atoms with Gasteiger partial charge in [0.05, 0.1) is 14.2 Å². The highest BCUT2D eigenvalue weighted by molar-refractivity contribution is 7.81. The van der Waals surface area contributed by atoms with E-state index in [-0.39, 0.29) is 29.0 Å². The second-order valence-electron chi connectivity index (χ2n) is 9.34. The number of methoxy groups -OCH3 is 2. The lowest BCUT2D eigenvalue weighted by Crippen LogP contribution is -2.61. The Balaban J connectivity index is 1.69. The number of aliphatic hydroxyl groups is 3. The van der Waals surface area contributed by atoms with Crippen LogP contribution in [0, 0.1) is 0 Å². The largest absolute Gasteiger partial charge is 0.493 e. The number of benzene rings is 2. The summed E-state index contributed by atoms with van der Waals surface area (Å²) in [5.41, 5.74) is 3.36. The van der Waals surface area contributed by atoms with Crippen molar-refractivity contribution in [1.82, 2.24) is 5.32 Å². The van der Waals surface area contributed by atoms with Gasteiger partial charge in [-0.1, -0.05) is 0 Å². The number of aliphatic hydroxyl groups excluding tert-OH is 3. The van der Waals surface area contributed by atoms with E-state index < -0.39 is 47.1 Å². The Bertz CT molecular complexity index is 1410. The van der Waals surface area contributed by atoms with Crippen LogP contribution in [0.15, 0.2) is 18.2 Å². The van der Waals surface area contributed by atoms with Crippen LogP contribution in [-0.2, 0) is 32.8 Å². The summed E-state index contributed by atoms with van der Waals surface area (Å²) in [6, 6.07) is 4.42. The molecular formula is C24H27NO13S. The monoisotopic (exact) mass is 569 g/mol. The molecule has 0 radical (unpaired) electrons. The fourth-order valence-corrected chi connectivity index (χ4v) is 5.69. The quantitative estimate of drug-likeness (QED) is 0.234. The van der Waals surface area contributed by atoms with Crippen LogP contribution >= 0.6 is 0 Å². The Hall–Kier alpha value is -3.18. The molecular weight excluding hydrogens is 542 g/mol. The van der Waals surface area contributed by atoms with Crippen LogP contribution < -0.4 is 23.7 Å². The van der Waals surface area contributed by atoms with Gasteiger partial charge in [0.1, 0.15) is 18.3 Å².